The maximum atomic E-state index is 12.2. The number of hydrogen-bond donors (Lipinski definition) is 3. The van der Waals surface area contributed by atoms with Gasteiger partial charge in [0.15, 0.2) is 0 Å². The number of rotatable bonds is 23. The lowest BCUT2D eigenvalue weighted by Gasteiger charge is -2.22. The van der Waals surface area contributed by atoms with E-state index in [-0.39, 0.29) is 90.9 Å². The van der Waals surface area contributed by atoms with Gasteiger partial charge in [-0.2, -0.15) is 0 Å². The van der Waals surface area contributed by atoms with Gasteiger partial charge in [-0.3, -0.25) is 4.79 Å². The van der Waals surface area contributed by atoms with E-state index in [1.54, 1.807) is 19.1 Å². The summed E-state index contributed by atoms with van der Waals surface area (Å²) in [5, 5.41) is 30.2. The Balaban J connectivity index is 0.000000515. The van der Waals surface area contributed by atoms with Crippen molar-refractivity contribution in [3.63, 3.8) is 0 Å². The first-order chi connectivity index (χ1) is 31.7. The average Bonchev–Trinajstić information content (AvgIpc) is 3.27. The first-order valence-electron chi connectivity index (χ1n) is 20.2. The van der Waals surface area contributed by atoms with Crippen molar-refractivity contribution >= 4 is 111 Å². The lowest BCUT2D eigenvalue weighted by Crippen LogP contribution is -2.23. The number of ether oxygens (including phenoxy) is 3. The molecule has 0 bridgehead atoms. The smallest absolute Gasteiger partial charge is 0.341 e. The Morgan fingerprint density at radius 2 is 0.926 bits per heavy atom. The highest BCUT2D eigenvalue weighted by molar-refractivity contribution is 7.86. The van der Waals surface area contributed by atoms with Crippen molar-refractivity contribution < 1.29 is 82.8 Å². The molecule has 3 N–H and O–H groups in total. The van der Waals surface area contributed by atoms with Crippen LogP contribution in [0.3, 0.4) is 0 Å². The summed E-state index contributed by atoms with van der Waals surface area (Å²) in [6.07, 6.45) is 0.911. The van der Waals surface area contributed by atoms with Crippen LogP contribution in [0.15, 0.2) is 24.3 Å². The lowest BCUT2D eigenvalue weighted by atomic mass is 9.78. The Morgan fingerprint density at radius 3 is 1.34 bits per heavy atom. The molecule has 3 aromatic carbocycles. The molecule has 3 rings (SSSR count). The van der Waals surface area contributed by atoms with E-state index in [9.17, 15) is 68.6 Å². The predicted octanol–water partition coefficient (Wildman–Crippen LogP) is -1.41. The van der Waals surface area contributed by atoms with Gasteiger partial charge in [-0.15, -0.1) is 0 Å². The third kappa shape index (κ3) is 20.0. The Labute approximate surface area is 408 Å². The van der Waals surface area contributed by atoms with Crippen molar-refractivity contribution in [3.05, 3.63) is 85.5 Å². The Kier molecular flexibility index (Phi) is 26.4. The average molecular weight is 982 g/mol. The van der Waals surface area contributed by atoms with Crippen LogP contribution in [0.25, 0.3) is 0 Å². The molecule has 68 heavy (non-hydrogen) atoms. The van der Waals surface area contributed by atoms with E-state index in [4.69, 9.17) is 72.2 Å². The Morgan fingerprint density at radius 1 is 0.515 bits per heavy atom. The summed E-state index contributed by atoms with van der Waals surface area (Å²) >= 11 is 0. The molecule has 18 nitrogen and oxygen atoms in total. The van der Waals surface area contributed by atoms with E-state index in [1.807, 2.05) is 0 Å². The zero-order chi connectivity index (χ0) is 52.2. The summed E-state index contributed by atoms with van der Waals surface area (Å²) in [4.78, 5) is 36.0. The molecule has 0 aliphatic heterocycles. The molecule has 0 heterocycles. The molecule has 0 saturated heterocycles. The summed E-state index contributed by atoms with van der Waals surface area (Å²) in [5.74, 6) is -6.12. The number of carbonyl (C=O) groups excluding carboxylic acids is 3. The zero-order valence-corrected chi connectivity index (χ0v) is 39.5. The maximum Gasteiger partial charge on any atom is 0.341 e. The van der Waals surface area contributed by atoms with E-state index in [0.717, 1.165) is 5.56 Å². The molecule has 0 amide bonds. The summed E-state index contributed by atoms with van der Waals surface area (Å²) < 4.78 is 109. The van der Waals surface area contributed by atoms with E-state index < -0.39 is 91.3 Å². The van der Waals surface area contributed by atoms with Gasteiger partial charge in [0.2, 0.25) is 0 Å². The number of benzene rings is 3. The van der Waals surface area contributed by atoms with Crippen molar-refractivity contribution in [2.24, 2.45) is 5.92 Å². The minimum atomic E-state index is -4.49. The van der Waals surface area contributed by atoms with Crippen LogP contribution in [0, 0.1) is 5.92 Å². The van der Waals surface area contributed by atoms with Gasteiger partial charge in [-0.1, -0.05) is 86.8 Å². The fourth-order valence-corrected chi connectivity index (χ4v) is 7.01. The fraction of sp³-hybridized carbons (Fsp3) is 0.462. The minimum absolute atomic E-state index is 0.00507. The Bertz CT molecular complexity index is 2550. The van der Waals surface area contributed by atoms with Crippen molar-refractivity contribution in [2.75, 3.05) is 37.1 Å². The van der Waals surface area contributed by atoms with Crippen molar-refractivity contribution in [3.8, 4) is 17.2 Å². The molecule has 16 radical (unpaired) electrons. The molecule has 0 saturated carbocycles. The Hall–Kier alpha value is -4.28. The lowest BCUT2D eigenvalue weighted by molar-refractivity contribution is -0.148. The maximum absolute atomic E-state index is 12.2. The van der Waals surface area contributed by atoms with Crippen LogP contribution in [0.2, 0.25) is 0 Å². The molecule has 0 fully saturated rings. The largest absolute Gasteiger partial charge is 0.748 e. The van der Waals surface area contributed by atoms with Crippen molar-refractivity contribution in [2.45, 2.75) is 70.3 Å². The third-order valence-corrected chi connectivity index (χ3v) is 11.7. The molecule has 3 aromatic rings. The molecule has 352 valence electrons. The second kappa shape index (κ2) is 29.0. The van der Waals surface area contributed by atoms with Gasteiger partial charge in [0.05, 0.1) is 122 Å². The SMILES string of the molecule is [B]Cc1cc(C[B])c(C(=O)OCCS(=O)(=O)[O-])c(C[B])c1O.[B]Cc1cc(C[B])c(CC(CC)C(=O)OCCS(=O)(=O)[O-])c(C[B])c1O.[B]Cc1cc(C[B])c(O)c(C(=O)OCCS(=O)(=O)[O-])c1. The number of phenolic OH excluding ortho intramolecular Hbond substituents is 3. The number of hydrogen-bond acceptors (Lipinski definition) is 18. The molecule has 0 spiro atoms. The van der Waals surface area contributed by atoms with E-state index >= 15 is 0 Å². The summed E-state index contributed by atoms with van der Waals surface area (Å²) in [5.41, 5.74) is 3.88. The van der Waals surface area contributed by atoms with Crippen molar-refractivity contribution in [1.82, 2.24) is 0 Å². The molecule has 1 unspecified atom stereocenters. The molecule has 0 aliphatic rings. The molecule has 0 aliphatic carbocycles. The number of esters is 3. The molecular formula is C39H43B8O18S3-3. The van der Waals surface area contributed by atoms with E-state index in [2.05, 4.69) is 4.74 Å². The fourth-order valence-electron chi connectivity index (χ4n) is 6.15. The van der Waals surface area contributed by atoms with Crippen LogP contribution in [0.5, 0.6) is 17.2 Å². The highest BCUT2D eigenvalue weighted by Crippen LogP contribution is 2.33. The number of carbonyl (C=O) groups is 3. The normalized spacial score (nSPS) is 11.8. The molecule has 1 atom stereocenters. The van der Waals surface area contributed by atoms with Crippen LogP contribution in [-0.4, -0.2) is 172 Å². The topological polar surface area (TPSA) is 311 Å². The quantitative estimate of drug-likeness (QED) is 0.0425. The highest BCUT2D eigenvalue weighted by atomic mass is 32.2. The summed E-state index contributed by atoms with van der Waals surface area (Å²) in [7, 11) is 31.2. The van der Waals surface area contributed by atoms with Gasteiger partial charge in [-0.25, -0.2) is 34.8 Å². The number of aromatic hydroxyl groups is 3. The molecule has 0 aromatic heterocycles. The standard InChI is InChI=1S/C16H21B3O6S.C12H13B3O6S.C11H12B2O6S/c1-2-10(16(21)25-3-4-26(22,23)24)6-13-11(7-17)5-12(8-18)15(20)14(13)9-19;13-4-7-3-8(5-14)11(16)9(6-15)10(7)12(17)21-1-2-22(18,19)20;12-5-7-3-8(6-13)10(14)9(4-7)11(15)19-1-2-20(16,17)18/h5,10,20H,2-4,6-9H2,1H3,(H,22,23,24);3,16H,1-2,4-6H2,(H,18,19,20);3-4,14H,1-2,5-6H2,(H,16,17,18)/p-3. The van der Waals surface area contributed by atoms with Gasteiger partial charge in [0.1, 0.15) is 42.6 Å². The first-order valence-corrected chi connectivity index (χ1v) is 24.9. The second-order valence-corrected chi connectivity index (χ2v) is 18.8. The van der Waals surface area contributed by atoms with Crippen LogP contribution in [0.1, 0.15) is 84.1 Å². The summed E-state index contributed by atoms with van der Waals surface area (Å²) in [6.45, 7) is 0.0909. The highest BCUT2D eigenvalue weighted by Gasteiger charge is 2.25. The monoisotopic (exact) mass is 983 g/mol. The third-order valence-electron chi connectivity index (χ3n) is 9.66. The van der Waals surface area contributed by atoms with Gasteiger partial charge in [-0.05, 0) is 52.3 Å². The van der Waals surface area contributed by atoms with Crippen molar-refractivity contribution in [1.29, 1.82) is 0 Å². The van der Waals surface area contributed by atoms with Crippen LogP contribution in [-0.2, 0) is 106 Å². The van der Waals surface area contributed by atoms with E-state index in [1.165, 1.54) is 12.1 Å². The predicted molar refractivity (Wildman–Crippen MR) is 253 cm³/mol. The zero-order valence-electron chi connectivity index (χ0n) is 37.0. The van der Waals surface area contributed by atoms with Gasteiger partial charge in [0, 0.05) is 5.56 Å². The summed E-state index contributed by atoms with van der Waals surface area (Å²) in [6, 6.07) is 6.01. The van der Waals surface area contributed by atoms with Gasteiger partial charge in [0.25, 0.3) is 0 Å². The minimum Gasteiger partial charge on any atom is -0.748 e. The van der Waals surface area contributed by atoms with Gasteiger partial charge < -0.3 is 43.2 Å². The first kappa shape index (κ1) is 61.7. The van der Waals surface area contributed by atoms with Crippen LogP contribution >= 0.6 is 0 Å². The molecule has 29 heteroatoms. The van der Waals surface area contributed by atoms with Crippen LogP contribution < -0.4 is 0 Å². The number of phenols is 3. The van der Waals surface area contributed by atoms with E-state index in [0.29, 0.717) is 45.4 Å². The van der Waals surface area contributed by atoms with Gasteiger partial charge >= 0.3 is 17.9 Å². The van der Waals surface area contributed by atoms with Crippen LogP contribution in [0.4, 0.5) is 0 Å². The second-order valence-electron chi connectivity index (χ2n) is 14.2. The molecular weight excluding hydrogens is 939 g/mol.